The normalized spacial score (nSPS) is 18.0. The monoisotopic (exact) mass is 738 g/mol. The van der Waals surface area contributed by atoms with Crippen molar-refractivity contribution in [2.75, 3.05) is 0 Å². The van der Waals surface area contributed by atoms with Gasteiger partial charge in [-0.2, -0.15) is 0 Å². The lowest BCUT2D eigenvalue weighted by Gasteiger charge is -2.23. The van der Waals surface area contributed by atoms with E-state index < -0.39 is 77.9 Å². The Labute approximate surface area is 356 Å². The van der Waals surface area contributed by atoms with E-state index in [0.29, 0.717) is 16.5 Å². The predicted octanol–water partition coefficient (Wildman–Crippen LogP) is 15.9. The van der Waals surface area contributed by atoms with Gasteiger partial charge in [-0.1, -0.05) is 183 Å². The van der Waals surface area contributed by atoms with Crippen LogP contribution in [-0.4, -0.2) is 0 Å². The van der Waals surface area contributed by atoms with Gasteiger partial charge < -0.3 is 0 Å². The van der Waals surface area contributed by atoms with Crippen molar-refractivity contribution in [2.24, 2.45) is 0 Å². The summed E-state index contributed by atoms with van der Waals surface area (Å²) in [5, 5.41) is 1.41. The maximum absolute atomic E-state index is 9.48. The zero-order valence-corrected chi connectivity index (χ0v) is 30.4. The lowest BCUT2D eigenvalue weighted by Crippen LogP contribution is -2.15. The molecule has 0 spiro atoms. The average Bonchev–Trinajstić information content (AvgIpc) is 3.65. The van der Waals surface area contributed by atoms with E-state index in [0.717, 1.165) is 38.8 Å². The van der Waals surface area contributed by atoms with Crippen LogP contribution in [0.1, 0.15) is 49.6 Å². The Morgan fingerprint density at radius 2 is 0.737 bits per heavy atom. The van der Waals surface area contributed by atoms with Gasteiger partial charge >= 0.3 is 0 Å². The summed E-state index contributed by atoms with van der Waals surface area (Å²) < 4.78 is 162. The first kappa shape index (κ1) is 18.7. The number of hydrogen-bond acceptors (Lipinski definition) is 0. The van der Waals surface area contributed by atoms with Crippen LogP contribution >= 0.6 is 0 Å². The molecule has 0 aromatic heterocycles. The van der Waals surface area contributed by atoms with Crippen LogP contribution in [0, 0.1) is 0 Å². The van der Waals surface area contributed by atoms with Crippen LogP contribution in [0.5, 0.6) is 0 Å². The zero-order valence-electron chi connectivity index (χ0n) is 48.4. The van der Waals surface area contributed by atoms with Crippen LogP contribution in [0.25, 0.3) is 120 Å². The fraction of sp³-hybridized carbons (Fsp3) is 0.0526. The van der Waals surface area contributed by atoms with Crippen LogP contribution < -0.4 is 0 Å². The van der Waals surface area contributed by atoms with Crippen molar-refractivity contribution in [1.29, 1.82) is 0 Å². The van der Waals surface area contributed by atoms with E-state index >= 15 is 0 Å². The molecule has 0 unspecified atom stereocenters. The fourth-order valence-electron chi connectivity index (χ4n) is 9.37. The van der Waals surface area contributed by atoms with E-state index in [1.54, 1.807) is 6.07 Å². The van der Waals surface area contributed by atoms with E-state index in [4.69, 9.17) is 15.1 Å². The lowest BCUT2D eigenvalue weighted by atomic mass is 9.80. The van der Waals surface area contributed by atoms with Crippen LogP contribution in [0.2, 0.25) is 0 Å². The van der Waals surface area contributed by atoms with Crippen LogP contribution in [-0.2, 0) is 5.41 Å². The first-order chi connectivity index (χ1) is 35.5. The van der Waals surface area contributed by atoms with Gasteiger partial charge in [0, 0.05) is 5.41 Å². The van der Waals surface area contributed by atoms with Crippen molar-refractivity contribution < 1.29 is 24.7 Å². The molecule has 57 heavy (non-hydrogen) atoms. The van der Waals surface area contributed by atoms with Gasteiger partial charge in [0.1, 0.15) is 0 Å². The van der Waals surface area contributed by atoms with E-state index in [2.05, 4.69) is 19.9 Å². The molecule has 0 N–H and O–H groups in total. The molecule has 0 saturated carbocycles. The highest BCUT2D eigenvalue weighted by atomic mass is 14.4. The first-order valence-corrected chi connectivity index (χ1v) is 18.7. The van der Waals surface area contributed by atoms with Gasteiger partial charge in [-0.05, 0) is 143 Å². The summed E-state index contributed by atoms with van der Waals surface area (Å²) in [7, 11) is 0. The highest BCUT2D eigenvalue weighted by Gasteiger charge is 2.36. The Kier molecular flexibility index (Phi) is 3.64. The van der Waals surface area contributed by atoms with Crippen LogP contribution in [0.15, 0.2) is 182 Å². The maximum Gasteiger partial charge on any atom is 0.0630 e. The minimum absolute atomic E-state index is 0.0830. The van der Waals surface area contributed by atoms with Crippen LogP contribution in [0.3, 0.4) is 0 Å². The average molecular weight is 739 g/mol. The predicted molar refractivity (Wildman–Crippen MR) is 245 cm³/mol. The molecule has 12 aromatic carbocycles. The third kappa shape index (κ3) is 4.17. The summed E-state index contributed by atoms with van der Waals surface area (Å²) in [6, 6.07) is 15.4. The minimum Gasteiger partial charge on any atom is -0.0616 e. The van der Waals surface area contributed by atoms with E-state index in [1.807, 2.05) is 60.7 Å². The van der Waals surface area contributed by atoms with Gasteiger partial charge in [0.2, 0.25) is 0 Å². The minimum atomic E-state index is -0.676. The zero-order chi connectivity index (χ0) is 53.2. The molecular formula is C57H36. The third-order valence-corrected chi connectivity index (χ3v) is 12.1. The highest BCUT2D eigenvalue weighted by molar-refractivity contribution is 6.27. The van der Waals surface area contributed by atoms with Gasteiger partial charge in [0.05, 0.1) is 24.7 Å². The van der Waals surface area contributed by atoms with Crippen molar-refractivity contribution in [1.82, 2.24) is 0 Å². The summed E-state index contributed by atoms with van der Waals surface area (Å²) in [6.45, 7) is 4.15. The highest BCUT2D eigenvalue weighted by Crippen LogP contribution is 2.52. The van der Waals surface area contributed by atoms with Gasteiger partial charge in [0.15, 0.2) is 0 Å². The molecule has 0 saturated heterocycles. The Bertz CT molecular complexity index is 4660. The van der Waals surface area contributed by atoms with Crippen LogP contribution in [0.4, 0.5) is 0 Å². The summed E-state index contributed by atoms with van der Waals surface area (Å²) >= 11 is 0. The first-order valence-electron chi connectivity index (χ1n) is 27.7. The molecule has 0 aliphatic heterocycles. The van der Waals surface area contributed by atoms with E-state index in [-0.39, 0.29) is 112 Å². The summed E-state index contributed by atoms with van der Waals surface area (Å²) in [5.41, 5.74) is 5.95. The molecule has 0 bridgehead atoms. The van der Waals surface area contributed by atoms with Gasteiger partial charge in [-0.15, -0.1) is 0 Å². The van der Waals surface area contributed by atoms with Crippen molar-refractivity contribution >= 4 is 75.4 Å². The van der Waals surface area contributed by atoms with E-state index in [9.17, 15) is 9.60 Å². The quantitative estimate of drug-likeness (QED) is 0.158. The number of rotatable bonds is 3. The molecule has 0 atom stereocenters. The molecule has 0 radical (unpaired) electrons. The molecule has 0 heteroatoms. The van der Waals surface area contributed by atoms with Crippen molar-refractivity contribution in [3.63, 3.8) is 0 Å². The Morgan fingerprint density at radius 1 is 0.333 bits per heavy atom. The lowest BCUT2D eigenvalue weighted by molar-refractivity contribution is 0.661. The number of fused-ring (bicyclic) bond motifs is 4. The molecule has 0 heterocycles. The maximum atomic E-state index is 9.48. The number of benzene rings is 12. The topological polar surface area (TPSA) is 0 Å². The molecular weight excluding hydrogens is 685 g/mol. The molecule has 0 nitrogen and oxygen atoms in total. The fourth-order valence-corrected chi connectivity index (χ4v) is 9.37. The molecule has 13 rings (SSSR count). The summed E-state index contributed by atoms with van der Waals surface area (Å²) in [4.78, 5) is 0. The molecule has 12 aromatic rings. The van der Waals surface area contributed by atoms with Crippen molar-refractivity contribution in [2.45, 2.75) is 19.3 Å². The third-order valence-electron chi connectivity index (χ3n) is 12.1. The van der Waals surface area contributed by atoms with Gasteiger partial charge in [-0.3, -0.25) is 0 Å². The van der Waals surface area contributed by atoms with Crippen molar-refractivity contribution in [3.8, 4) is 44.5 Å². The van der Waals surface area contributed by atoms with E-state index in [1.165, 1.54) is 0 Å². The summed E-state index contributed by atoms with van der Waals surface area (Å²) in [5.74, 6) is 0. The Morgan fingerprint density at radius 3 is 1.30 bits per heavy atom. The molecule has 0 amide bonds. The SMILES string of the molecule is [2H]c1c([2H])c2c([2H])c([2H])c3c([2H])c([2H])c(-c4ccc5c(c4)C(C)(C)c4cc(-c6ccc(-c7c([2H])c([2H])c8c([2H])c([2H])c9c([2H])c([2H])c([2H])c%10c([2H])c([2H])c7c8c9%10)c7ccccc67)ccc4-5)c4c([2H])c([2H])c(c1[2H])c2c34. The molecule has 1 aliphatic rings. The summed E-state index contributed by atoms with van der Waals surface area (Å²) in [6.07, 6.45) is 0. The molecule has 1 aliphatic carbocycles. The second-order valence-electron chi connectivity index (χ2n) is 15.4. The Hall–Kier alpha value is -7.02. The second kappa shape index (κ2) is 11.1. The van der Waals surface area contributed by atoms with Crippen molar-refractivity contribution in [3.05, 3.63) is 193 Å². The smallest absolute Gasteiger partial charge is 0.0616 e. The molecule has 0 fully saturated rings. The van der Waals surface area contributed by atoms with Gasteiger partial charge in [-0.25, -0.2) is 0 Å². The Balaban J connectivity index is 0.990. The standard InChI is InChI=1S/C57H36/c1-57(2)51-31-39(21-25-47(51)48-26-22-40(32-52(48)57)42-23-17-37-15-13-33-7-5-9-35-19-27-49(42)55(37)53(33)35)41-29-30-45(44-12-4-3-11-43(41)44)46-24-18-38-16-14-34-8-6-10-36-20-28-50(46)56(38)54(34)36/h3-32H,1-2H3/i5D,6D,7D,8D,9D,10D,13D,14D,15D,16D,17D,18D,19D,20D,23D,24D,27D,28D. The number of hydrogen-bond donors (Lipinski definition) is 0. The largest absolute Gasteiger partial charge is 0.0630 e. The van der Waals surface area contributed by atoms with Gasteiger partial charge in [0.25, 0.3) is 0 Å². The second-order valence-corrected chi connectivity index (χ2v) is 15.4. The molecule has 264 valence electrons.